The number of carbonyl (C=O) groups excluding carboxylic acids is 1. The first-order chi connectivity index (χ1) is 11.9. The summed E-state index contributed by atoms with van der Waals surface area (Å²) < 4.78 is 6.69. The Labute approximate surface area is 161 Å². The molecule has 2 rings (SSSR count). The lowest BCUT2D eigenvalue weighted by molar-refractivity contribution is -0.122. The molecule has 26 heavy (non-hydrogen) atoms. The van der Waals surface area contributed by atoms with Crippen LogP contribution in [0, 0.1) is 11.8 Å². The molecule has 1 aliphatic carbocycles. The molecule has 0 aromatic heterocycles. The molecule has 0 radical (unpaired) electrons. The average molecular weight is 393 g/mol. The predicted molar refractivity (Wildman–Crippen MR) is 114 cm³/mol. The van der Waals surface area contributed by atoms with Gasteiger partial charge in [0.05, 0.1) is 20.8 Å². The van der Waals surface area contributed by atoms with Crippen LogP contribution >= 0.6 is 0 Å². The maximum absolute atomic E-state index is 12.6. The zero-order chi connectivity index (χ0) is 19.8. The zero-order valence-electron chi connectivity index (χ0n) is 17.5. The number of hydrogen-bond donors (Lipinski definition) is 1. The van der Waals surface area contributed by atoms with E-state index in [0.717, 1.165) is 6.04 Å². The van der Waals surface area contributed by atoms with Gasteiger partial charge in [0.25, 0.3) is 0 Å². The third kappa shape index (κ3) is 4.56. The lowest BCUT2D eigenvalue weighted by atomic mass is 9.97. The molecule has 0 heterocycles. The fourth-order valence-electron chi connectivity index (χ4n) is 3.79. The fraction of sp³-hybridized carbons (Fsp3) is 0.667. The number of aliphatic hydroxyl groups excluding tert-OH is 1. The summed E-state index contributed by atoms with van der Waals surface area (Å²) in [4.78, 5) is 12.6. The van der Waals surface area contributed by atoms with Gasteiger partial charge < -0.3 is 9.53 Å². The van der Waals surface area contributed by atoms with E-state index in [4.69, 9.17) is 4.43 Å². The Morgan fingerprint density at radius 1 is 1.12 bits per heavy atom. The minimum Gasteiger partial charge on any atom is -0.413 e. The molecule has 5 heteroatoms. The molecule has 1 aromatic rings. The third-order valence-electron chi connectivity index (χ3n) is 6.56. The van der Waals surface area contributed by atoms with Gasteiger partial charge in [-0.25, -0.2) is 0 Å². The molecule has 0 spiro atoms. The first kappa shape index (κ1) is 21.5. The van der Waals surface area contributed by atoms with Gasteiger partial charge in [-0.3, -0.25) is 4.79 Å². The van der Waals surface area contributed by atoms with Gasteiger partial charge in [0, 0.05) is 12.3 Å². The SMILES string of the molecule is CC(C)(C)[Si](C)(C)O[C@H]1CC(=O)C(CO)[C@@H]1C[Si](C)(C)c1ccccc1. The second-order valence-electron chi connectivity index (χ2n) is 9.99. The number of carbonyl (C=O) groups is 1. The van der Waals surface area contributed by atoms with Crippen LogP contribution in [0.3, 0.4) is 0 Å². The summed E-state index contributed by atoms with van der Waals surface area (Å²) in [6.07, 6.45) is 0.415. The molecule has 1 fully saturated rings. The van der Waals surface area contributed by atoms with Crippen LogP contribution in [0.5, 0.6) is 0 Å². The molecule has 3 nitrogen and oxygen atoms in total. The Morgan fingerprint density at radius 2 is 1.69 bits per heavy atom. The highest BCUT2D eigenvalue weighted by Crippen LogP contribution is 2.43. The molecule has 0 amide bonds. The van der Waals surface area contributed by atoms with Crippen molar-refractivity contribution < 1.29 is 14.3 Å². The summed E-state index contributed by atoms with van der Waals surface area (Å²) in [5.74, 6) is 0.0443. The molecule has 1 saturated carbocycles. The maximum Gasteiger partial charge on any atom is 0.192 e. The zero-order valence-corrected chi connectivity index (χ0v) is 19.5. The van der Waals surface area contributed by atoms with Crippen molar-refractivity contribution in [1.82, 2.24) is 0 Å². The van der Waals surface area contributed by atoms with E-state index in [2.05, 4.69) is 71.2 Å². The van der Waals surface area contributed by atoms with Gasteiger partial charge in [0.1, 0.15) is 5.78 Å². The van der Waals surface area contributed by atoms with Gasteiger partial charge in [0.2, 0.25) is 0 Å². The molecule has 146 valence electrons. The molecular weight excluding hydrogens is 356 g/mol. The van der Waals surface area contributed by atoms with Gasteiger partial charge >= 0.3 is 0 Å². The summed E-state index contributed by atoms with van der Waals surface area (Å²) in [6, 6.07) is 11.6. The predicted octanol–water partition coefficient (Wildman–Crippen LogP) is 4.19. The minimum atomic E-state index is -1.96. The van der Waals surface area contributed by atoms with E-state index in [0.29, 0.717) is 6.42 Å². The van der Waals surface area contributed by atoms with Gasteiger partial charge in [-0.15, -0.1) is 0 Å². The van der Waals surface area contributed by atoms with Crippen LogP contribution in [-0.2, 0) is 9.22 Å². The number of Topliss-reactive ketones (excluding diaryl/α,β-unsaturated/α-hetero) is 1. The Kier molecular flexibility index (Phi) is 6.38. The second kappa shape index (κ2) is 7.70. The van der Waals surface area contributed by atoms with Gasteiger partial charge in [-0.1, -0.05) is 69.4 Å². The van der Waals surface area contributed by atoms with E-state index in [1.807, 2.05) is 6.07 Å². The molecule has 1 unspecified atom stereocenters. The minimum absolute atomic E-state index is 0.0453. The average Bonchev–Trinajstić information content (AvgIpc) is 2.80. The summed E-state index contributed by atoms with van der Waals surface area (Å²) in [5.41, 5.74) is 0. The molecule has 1 N–H and O–H groups in total. The molecule has 3 atom stereocenters. The van der Waals surface area contributed by atoms with Crippen molar-refractivity contribution in [3.05, 3.63) is 30.3 Å². The number of ketones is 1. The van der Waals surface area contributed by atoms with Crippen LogP contribution in [0.25, 0.3) is 0 Å². The van der Waals surface area contributed by atoms with Crippen LogP contribution in [-0.4, -0.2) is 40.0 Å². The van der Waals surface area contributed by atoms with E-state index in [9.17, 15) is 9.90 Å². The van der Waals surface area contributed by atoms with Gasteiger partial charge in [-0.05, 0) is 30.1 Å². The number of aliphatic hydroxyl groups is 1. The van der Waals surface area contributed by atoms with Crippen LogP contribution in [0.1, 0.15) is 27.2 Å². The van der Waals surface area contributed by atoms with Crippen molar-refractivity contribution in [2.75, 3.05) is 6.61 Å². The Bertz CT molecular complexity index is 620. The van der Waals surface area contributed by atoms with Crippen molar-refractivity contribution in [3.8, 4) is 0 Å². The van der Waals surface area contributed by atoms with E-state index in [-0.39, 0.29) is 35.4 Å². The first-order valence-corrected chi connectivity index (χ1v) is 15.9. The van der Waals surface area contributed by atoms with Crippen molar-refractivity contribution >= 4 is 27.4 Å². The number of hydrogen-bond acceptors (Lipinski definition) is 3. The molecular formula is C21H36O3Si2. The highest BCUT2D eigenvalue weighted by atomic mass is 28.4. The Balaban J connectivity index is 2.27. The smallest absolute Gasteiger partial charge is 0.192 e. The van der Waals surface area contributed by atoms with E-state index in [1.165, 1.54) is 5.19 Å². The summed E-state index contributed by atoms with van der Waals surface area (Å²) in [5, 5.41) is 11.4. The number of rotatable bonds is 6. The molecule has 0 aliphatic heterocycles. The quantitative estimate of drug-likeness (QED) is 0.738. The summed E-state index contributed by atoms with van der Waals surface area (Å²) in [6.45, 7) is 15.9. The normalized spacial score (nSPS) is 24.9. The van der Waals surface area contributed by atoms with Crippen LogP contribution in [0.15, 0.2) is 30.3 Å². The lowest BCUT2D eigenvalue weighted by Gasteiger charge is -2.41. The van der Waals surface area contributed by atoms with Crippen LogP contribution < -0.4 is 5.19 Å². The van der Waals surface area contributed by atoms with E-state index >= 15 is 0 Å². The molecule has 0 saturated heterocycles. The monoisotopic (exact) mass is 392 g/mol. The van der Waals surface area contributed by atoms with Crippen molar-refractivity contribution in [2.45, 2.75) is 70.6 Å². The molecule has 0 bridgehead atoms. The Morgan fingerprint density at radius 3 is 2.19 bits per heavy atom. The van der Waals surface area contributed by atoms with Crippen LogP contribution in [0.4, 0.5) is 0 Å². The van der Waals surface area contributed by atoms with E-state index < -0.39 is 16.4 Å². The largest absolute Gasteiger partial charge is 0.413 e. The van der Waals surface area contributed by atoms with Crippen molar-refractivity contribution in [2.24, 2.45) is 11.8 Å². The molecule has 1 aliphatic rings. The molecule has 1 aromatic carbocycles. The van der Waals surface area contributed by atoms with Crippen molar-refractivity contribution in [1.29, 1.82) is 0 Å². The fourth-order valence-corrected chi connectivity index (χ4v) is 8.22. The maximum atomic E-state index is 12.6. The summed E-state index contributed by atoms with van der Waals surface area (Å²) in [7, 11) is -3.68. The topological polar surface area (TPSA) is 46.5 Å². The highest BCUT2D eigenvalue weighted by molar-refractivity contribution is 6.89. The summed E-state index contributed by atoms with van der Waals surface area (Å²) >= 11 is 0. The standard InChI is InChI=1S/C21H36O3Si2/c1-21(2,3)26(6,7)24-20-13-19(23)17(14-22)18(20)15-25(4,5)16-11-9-8-10-12-16/h8-12,17-18,20,22H,13-15H2,1-7H3/t17?,18-,20-/m0/s1. The second-order valence-corrected chi connectivity index (χ2v) is 19.5. The Hall–Kier alpha value is -0.756. The third-order valence-corrected chi connectivity index (χ3v) is 14.5. The van der Waals surface area contributed by atoms with Crippen molar-refractivity contribution in [3.63, 3.8) is 0 Å². The van der Waals surface area contributed by atoms with Gasteiger partial charge in [0.15, 0.2) is 8.32 Å². The lowest BCUT2D eigenvalue weighted by Crippen LogP contribution is -2.48. The van der Waals surface area contributed by atoms with Crippen LogP contribution in [0.2, 0.25) is 37.3 Å². The highest BCUT2D eigenvalue weighted by Gasteiger charge is 2.49. The van der Waals surface area contributed by atoms with E-state index in [1.54, 1.807) is 0 Å². The number of benzene rings is 1. The first-order valence-electron chi connectivity index (χ1n) is 9.76. The van der Waals surface area contributed by atoms with Gasteiger partial charge in [-0.2, -0.15) is 0 Å².